The van der Waals surface area contributed by atoms with E-state index in [0.717, 1.165) is 43.1 Å². The summed E-state index contributed by atoms with van der Waals surface area (Å²) in [6.07, 6.45) is 2.16. The summed E-state index contributed by atoms with van der Waals surface area (Å²) in [7, 11) is 3.09. The first kappa shape index (κ1) is 36.6. The molecular formula is C42H35ClN4O9S. The molecular weight excluding hydrogens is 772 g/mol. The number of aromatic hydroxyl groups is 2. The van der Waals surface area contributed by atoms with Crippen LogP contribution >= 0.6 is 22.9 Å². The summed E-state index contributed by atoms with van der Waals surface area (Å²) in [5.41, 5.74) is 1.15. The van der Waals surface area contributed by atoms with Gasteiger partial charge >= 0.3 is 5.97 Å². The van der Waals surface area contributed by atoms with Crippen molar-refractivity contribution in [1.82, 2.24) is 9.78 Å². The zero-order valence-electron chi connectivity index (χ0n) is 31.0. The second kappa shape index (κ2) is 12.8. The number of phenols is 2. The smallest absolute Gasteiger partial charge is 0.339 e. The van der Waals surface area contributed by atoms with Crippen LogP contribution in [0.25, 0.3) is 20.7 Å². The van der Waals surface area contributed by atoms with Gasteiger partial charge in [-0.15, -0.1) is 11.3 Å². The number of rotatable bonds is 6. The quantitative estimate of drug-likeness (QED) is 0.122. The zero-order chi connectivity index (χ0) is 40.4. The standard InChI is InChI=1S/C42H35ClN4O9S/c1-18-25-14-20(43)6-12-32(25)57-36(18)28-17-33(45(3)44-28)47-38(51)27-16-26-22(35(42(27,2)41(47)55)19-5-11-29(48)31(13-19)56-4)9-10-24-34(26)39(52)46(37(24)50)21-7-8-23(40(53)54)30(49)15-21/h5-9,11-15,17,24,26-27,34-35,48-49H,10,16H2,1-4H3,(H,53,54). The molecule has 0 bridgehead atoms. The van der Waals surface area contributed by atoms with Crippen molar-refractivity contribution in [2.24, 2.45) is 36.1 Å². The van der Waals surface area contributed by atoms with Gasteiger partial charge in [0.2, 0.25) is 23.6 Å². The number of hydrogen-bond donors (Lipinski definition) is 3. The summed E-state index contributed by atoms with van der Waals surface area (Å²) in [5, 5.41) is 36.8. The summed E-state index contributed by atoms with van der Waals surface area (Å²) in [4.78, 5) is 73.1. The van der Waals surface area contributed by atoms with Crippen LogP contribution in [0.4, 0.5) is 11.5 Å². The number of fused-ring (bicyclic) bond motifs is 5. The van der Waals surface area contributed by atoms with Gasteiger partial charge in [0.1, 0.15) is 22.8 Å². The van der Waals surface area contributed by atoms with Gasteiger partial charge in [-0.05, 0) is 91.6 Å². The lowest BCUT2D eigenvalue weighted by molar-refractivity contribution is -0.131. The van der Waals surface area contributed by atoms with Crippen molar-refractivity contribution in [1.29, 1.82) is 0 Å². The van der Waals surface area contributed by atoms with Gasteiger partial charge in [0.05, 0.1) is 40.8 Å². The summed E-state index contributed by atoms with van der Waals surface area (Å²) in [6.45, 7) is 3.74. The molecule has 15 heteroatoms. The third-order valence-electron chi connectivity index (χ3n) is 12.5. The van der Waals surface area contributed by atoms with Gasteiger partial charge < -0.3 is 20.1 Å². The second-order valence-electron chi connectivity index (χ2n) is 15.3. The van der Waals surface area contributed by atoms with E-state index in [1.807, 2.05) is 31.2 Å². The fourth-order valence-corrected chi connectivity index (χ4v) is 11.1. The number of carbonyl (C=O) groups is 5. The number of carboxylic acid groups (broad SMARTS) is 1. The highest BCUT2D eigenvalue weighted by Gasteiger charge is 2.68. The monoisotopic (exact) mass is 806 g/mol. The summed E-state index contributed by atoms with van der Waals surface area (Å²) < 4.78 is 8.01. The van der Waals surface area contributed by atoms with Crippen molar-refractivity contribution in [2.45, 2.75) is 32.6 Å². The van der Waals surface area contributed by atoms with Crippen molar-refractivity contribution in [3.8, 4) is 27.8 Å². The number of hydrogen-bond acceptors (Lipinski definition) is 10. The number of aryl methyl sites for hydroxylation is 2. The highest BCUT2D eigenvalue weighted by molar-refractivity contribution is 7.22. The first-order valence-corrected chi connectivity index (χ1v) is 19.5. The third-order valence-corrected chi connectivity index (χ3v) is 14.0. The molecule has 2 aromatic heterocycles. The summed E-state index contributed by atoms with van der Waals surface area (Å²) in [5.74, 6) is -7.64. The van der Waals surface area contributed by atoms with Crippen LogP contribution in [0.15, 0.2) is 72.3 Å². The van der Waals surface area contributed by atoms with Gasteiger partial charge in [-0.3, -0.25) is 23.9 Å². The fraction of sp³-hybridized carbons (Fsp3) is 0.286. The molecule has 1 saturated carbocycles. The molecule has 2 aliphatic heterocycles. The molecule has 2 saturated heterocycles. The molecule has 4 amide bonds. The molecule has 4 aliphatic rings. The van der Waals surface area contributed by atoms with Crippen molar-refractivity contribution >= 4 is 74.1 Å². The Labute approximate surface area is 334 Å². The van der Waals surface area contributed by atoms with Crippen LogP contribution in [0, 0.1) is 36.0 Å². The Morgan fingerprint density at radius 3 is 2.44 bits per heavy atom. The highest BCUT2D eigenvalue weighted by Crippen LogP contribution is 2.64. The molecule has 3 N–H and O–H groups in total. The maximum atomic E-state index is 15.1. The number of aromatic nitrogens is 2. The Morgan fingerprint density at radius 2 is 1.72 bits per heavy atom. The van der Waals surface area contributed by atoms with E-state index in [2.05, 4.69) is 0 Å². The van der Waals surface area contributed by atoms with Crippen LogP contribution in [0.3, 0.4) is 0 Å². The molecule has 13 nitrogen and oxygen atoms in total. The third kappa shape index (κ3) is 5.12. The van der Waals surface area contributed by atoms with Gasteiger partial charge in [-0.1, -0.05) is 29.3 Å². The van der Waals surface area contributed by atoms with E-state index in [4.69, 9.17) is 21.4 Å². The van der Waals surface area contributed by atoms with Gasteiger partial charge in [-0.25, -0.2) is 14.6 Å². The number of carbonyl (C=O) groups excluding carboxylic acids is 4. The molecule has 3 fully saturated rings. The molecule has 290 valence electrons. The van der Waals surface area contributed by atoms with E-state index in [9.17, 15) is 34.5 Å². The number of halogens is 1. The minimum Gasteiger partial charge on any atom is -0.507 e. The van der Waals surface area contributed by atoms with E-state index < -0.39 is 70.4 Å². The zero-order valence-corrected chi connectivity index (χ0v) is 32.6. The first-order valence-electron chi connectivity index (χ1n) is 18.3. The lowest BCUT2D eigenvalue weighted by Gasteiger charge is -2.49. The Morgan fingerprint density at radius 1 is 0.947 bits per heavy atom. The van der Waals surface area contributed by atoms with Crippen molar-refractivity contribution in [3.63, 3.8) is 0 Å². The van der Waals surface area contributed by atoms with Crippen molar-refractivity contribution < 1.29 is 44.0 Å². The number of imide groups is 2. The number of methoxy groups -OCH3 is 1. The number of thiophene rings is 1. The van der Waals surface area contributed by atoms with E-state index in [0.29, 0.717) is 16.3 Å². The predicted molar refractivity (Wildman–Crippen MR) is 211 cm³/mol. The summed E-state index contributed by atoms with van der Waals surface area (Å²) in [6, 6.07) is 15.7. The average molecular weight is 807 g/mol. The lowest BCUT2D eigenvalue weighted by Crippen LogP contribution is -2.48. The van der Waals surface area contributed by atoms with Crippen LogP contribution in [-0.2, 0) is 26.2 Å². The Balaban J connectivity index is 1.15. The summed E-state index contributed by atoms with van der Waals surface area (Å²) >= 11 is 7.84. The Bertz CT molecular complexity index is 2680. The number of nitrogens with zero attached hydrogens (tertiary/aromatic N) is 4. The van der Waals surface area contributed by atoms with Gasteiger partial charge in [-0.2, -0.15) is 5.10 Å². The molecule has 57 heavy (non-hydrogen) atoms. The van der Waals surface area contributed by atoms with E-state index >= 15 is 4.79 Å². The number of phenolic OH excluding ortho intramolecular Hbond substituents is 1. The molecule has 5 aromatic rings. The van der Waals surface area contributed by atoms with Crippen molar-refractivity contribution in [2.75, 3.05) is 16.9 Å². The van der Waals surface area contributed by atoms with Crippen LogP contribution in [-0.4, -0.2) is 61.8 Å². The topological polar surface area (TPSA) is 180 Å². The minimum absolute atomic E-state index is 0.0335. The number of benzene rings is 3. The highest BCUT2D eigenvalue weighted by atomic mass is 35.5. The fourth-order valence-electron chi connectivity index (χ4n) is 9.80. The second-order valence-corrected chi connectivity index (χ2v) is 16.8. The number of aromatic carboxylic acids is 1. The van der Waals surface area contributed by atoms with Crippen LogP contribution in [0.1, 0.15) is 47.2 Å². The molecule has 3 aromatic carbocycles. The molecule has 4 heterocycles. The molecule has 6 atom stereocenters. The minimum atomic E-state index is -1.37. The van der Waals surface area contributed by atoms with Crippen molar-refractivity contribution in [3.05, 3.63) is 94.0 Å². The Kier molecular flexibility index (Phi) is 8.20. The predicted octanol–water partition coefficient (Wildman–Crippen LogP) is 6.82. The lowest BCUT2D eigenvalue weighted by atomic mass is 9.51. The SMILES string of the molecule is COc1cc(C2C3=CCC4C(=O)N(c5ccc(C(=O)O)c(O)c5)C(=O)C4C3CC3C(=O)N(c4cc(-c5sc6ccc(Cl)cc6c5C)nn4C)C(=O)C32C)ccc1O. The van der Waals surface area contributed by atoms with Gasteiger partial charge in [0.25, 0.3) is 0 Å². The van der Waals surface area contributed by atoms with Gasteiger partial charge in [0.15, 0.2) is 11.5 Å². The Hall–Kier alpha value is -5.99. The molecule has 0 radical (unpaired) electrons. The normalized spacial score (nSPS) is 25.5. The molecule has 2 aliphatic carbocycles. The van der Waals surface area contributed by atoms with Crippen LogP contribution in [0.2, 0.25) is 5.02 Å². The first-order chi connectivity index (χ1) is 27.1. The van der Waals surface area contributed by atoms with E-state index in [1.165, 1.54) is 40.2 Å². The van der Waals surface area contributed by atoms with Crippen LogP contribution < -0.4 is 14.5 Å². The van der Waals surface area contributed by atoms with Crippen LogP contribution in [0.5, 0.6) is 17.2 Å². The maximum Gasteiger partial charge on any atom is 0.339 e. The van der Waals surface area contributed by atoms with Gasteiger partial charge in [0, 0.05) is 34.8 Å². The van der Waals surface area contributed by atoms with E-state index in [1.54, 1.807) is 32.2 Å². The molecule has 0 spiro atoms. The number of ether oxygens (including phenoxy) is 1. The molecule has 6 unspecified atom stereocenters. The number of anilines is 2. The largest absolute Gasteiger partial charge is 0.507 e. The number of carboxylic acids is 1. The number of allylic oxidation sites excluding steroid dienone is 2. The molecule has 9 rings (SSSR count). The maximum absolute atomic E-state index is 15.1. The number of amides is 4. The van der Waals surface area contributed by atoms with E-state index in [-0.39, 0.29) is 41.4 Å². The average Bonchev–Trinajstić information content (AvgIpc) is 3.85.